The summed E-state index contributed by atoms with van der Waals surface area (Å²) in [4.78, 5) is 18.8. The highest BCUT2D eigenvalue weighted by Gasteiger charge is 2.49. The first kappa shape index (κ1) is 19.5. The number of aryl methyl sites for hydroxylation is 1. The Morgan fingerprint density at radius 3 is 2.61 bits per heavy atom. The highest BCUT2D eigenvalue weighted by molar-refractivity contribution is 8.16. The standard InChI is InChI=1S/C20H19ClN2O3S2/c1-13-6-8-15(9-7-13)23-17-11-28(25,26)12-18(17)27-20(23)22-19(24)10-14-4-2-3-5-16(14)21/h2-9,17-18H,10-12H2,1H3/t17-,18+/m1/s1. The molecule has 2 aromatic carbocycles. The van der Waals surface area contributed by atoms with Crippen LogP contribution in [0.4, 0.5) is 5.69 Å². The molecule has 2 atom stereocenters. The molecule has 0 bridgehead atoms. The fraction of sp³-hybridized carbons (Fsp3) is 0.300. The van der Waals surface area contributed by atoms with E-state index in [1.807, 2.05) is 48.2 Å². The molecule has 0 spiro atoms. The highest BCUT2D eigenvalue weighted by atomic mass is 35.5. The zero-order valence-corrected chi connectivity index (χ0v) is 17.6. The Kier molecular flexibility index (Phi) is 5.24. The molecule has 1 amide bonds. The van der Waals surface area contributed by atoms with Crippen LogP contribution in [0, 0.1) is 6.92 Å². The van der Waals surface area contributed by atoms with Crippen molar-refractivity contribution in [1.82, 2.24) is 0 Å². The van der Waals surface area contributed by atoms with E-state index in [1.165, 1.54) is 11.8 Å². The molecule has 2 aromatic rings. The fourth-order valence-electron chi connectivity index (χ4n) is 3.52. The molecule has 2 heterocycles. The lowest BCUT2D eigenvalue weighted by Gasteiger charge is -2.24. The van der Waals surface area contributed by atoms with E-state index < -0.39 is 9.84 Å². The van der Waals surface area contributed by atoms with Gasteiger partial charge in [-0.2, -0.15) is 4.99 Å². The number of anilines is 1. The second-order valence-electron chi connectivity index (χ2n) is 7.06. The number of amides is 1. The highest BCUT2D eigenvalue weighted by Crippen LogP contribution is 2.41. The van der Waals surface area contributed by atoms with Gasteiger partial charge in [-0.1, -0.05) is 59.3 Å². The van der Waals surface area contributed by atoms with Gasteiger partial charge in [0.25, 0.3) is 5.91 Å². The van der Waals surface area contributed by atoms with E-state index >= 15 is 0 Å². The average Bonchev–Trinajstić information content (AvgIpc) is 3.09. The molecular weight excluding hydrogens is 416 g/mol. The van der Waals surface area contributed by atoms with Crippen molar-refractivity contribution in [2.24, 2.45) is 4.99 Å². The SMILES string of the molecule is Cc1ccc(N2C(=NC(=O)Cc3ccccc3Cl)S[C@H]3CS(=O)(=O)C[C@H]32)cc1. The number of hydrogen-bond acceptors (Lipinski definition) is 4. The minimum Gasteiger partial charge on any atom is -0.316 e. The zero-order chi connectivity index (χ0) is 19.9. The van der Waals surface area contributed by atoms with Crippen LogP contribution in [0.1, 0.15) is 11.1 Å². The summed E-state index contributed by atoms with van der Waals surface area (Å²) in [6.45, 7) is 1.99. The molecular formula is C20H19ClN2O3S2. The summed E-state index contributed by atoms with van der Waals surface area (Å²) in [5.74, 6) is -0.103. The van der Waals surface area contributed by atoms with Crippen molar-refractivity contribution in [1.29, 1.82) is 0 Å². The summed E-state index contributed by atoms with van der Waals surface area (Å²) >= 11 is 7.53. The predicted octanol–water partition coefficient (Wildman–Crippen LogP) is 3.49. The lowest BCUT2D eigenvalue weighted by molar-refractivity contribution is -0.117. The van der Waals surface area contributed by atoms with Crippen LogP contribution in [0.2, 0.25) is 5.02 Å². The van der Waals surface area contributed by atoms with Crippen molar-refractivity contribution in [3.8, 4) is 0 Å². The molecule has 0 aliphatic carbocycles. The molecule has 2 fully saturated rings. The van der Waals surface area contributed by atoms with Crippen LogP contribution in [-0.4, -0.2) is 42.3 Å². The number of sulfone groups is 1. The van der Waals surface area contributed by atoms with Crippen LogP contribution in [0.5, 0.6) is 0 Å². The molecule has 8 heteroatoms. The van der Waals surface area contributed by atoms with Crippen LogP contribution in [0.15, 0.2) is 53.5 Å². The summed E-state index contributed by atoms with van der Waals surface area (Å²) < 4.78 is 24.2. The van der Waals surface area contributed by atoms with Crippen molar-refractivity contribution >= 4 is 50.0 Å². The first-order valence-corrected chi connectivity index (χ1v) is 12.0. The van der Waals surface area contributed by atoms with Crippen LogP contribution < -0.4 is 4.90 Å². The van der Waals surface area contributed by atoms with E-state index in [9.17, 15) is 13.2 Å². The number of aliphatic imine (C=N–C) groups is 1. The molecule has 4 rings (SSSR count). The van der Waals surface area contributed by atoms with Gasteiger partial charge in [0, 0.05) is 16.0 Å². The fourth-order valence-corrected chi connectivity index (χ4v) is 7.66. The molecule has 0 N–H and O–H groups in total. The third-order valence-corrected chi connectivity index (χ3v) is 8.48. The molecule has 5 nitrogen and oxygen atoms in total. The van der Waals surface area contributed by atoms with Crippen LogP contribution in [0.3, 0.4) is 0 Å². The van der Waals surface area contributed by atoms with Crippen molar-refractivity contribution in [3.63, 3.8) is 0 Å². The molecule has 0 saturated carbocycles. The number of benzene rings is 2. The number of amidine groups is 1. The lowest BCUT2D eigenvalue weighted by Crippen LogP contribution is -2.37. The number of fused-ring (bicyclic) bond motifs is 1. The number of hydrogen-bond donors (Lipinski definition) is 0. The Balaban J connectivity index is 1.65. The summed E-state index contributed by atoms with van der Waals surface area (Å²) in [7, 11) is -3.08. The molecule has 28 heavy (non-hydrogen) atoms. The predicted molar refractivity (Wildman–Crippen MR) is 115 cm³/mol. The van der Waals surface area contributed by atoms with E-state index in [2.05, 4.69) is 4.99 Å². The van der Waals surface area contributed by atoms with E-state index in [0.29, 0.717) is 10.2 Å². The number of nitrogens with zero attached hydrogens (tertiary/aromatic N) is 2. The van der Waals surface area contributed by atoms with Crippen molar-refractivity contribution in [2.45, 2.75) is 24.6 Å². The van der Waals surface area contributed by atoms with Crippen LogP contribution >= 0.6 is 23.4 Å². The summed E-state index contributed by atoms with van der Waals surface area (Å²) in [5.41, 5.74) is 2.69. The topological polar surface area (TPSA) is 66.8 Å². The number of carbonyl (C=O) groups is 1. The van der Waals surface area contributed by atoms with Gasteiger partial charge in [0.1, 0.15) is 0 Å². The first-order chi connectivity index (χ1) is 13.3. The molecule has 2 aliphatic rings. The normalized spacial score (nSPS) is 24.5. The third-order valence-electron chi connectivity index (χ3n) is 4.90. The number of rotatable bonds is 3. The third kappa shape index (κ3) is 3.97. The van der Waals surface area contributed by atoms with E-state index in [4.69, 9.17) is 11.6 Å². The van der Waals surface area contributed by atoms with E-state index in [0.717, 1.165) is 16.8 Å². The number of carbonyl (C=O) groups excluding carboxylic acids is 1. The molecule has 146 valence electrons. The van der Waals surface area contributed by atoms with Gasteiger partial charge in [-0.25, -0.2) is 8.42 Å². The molecule has 0 radical (unpaired) electrons. The van der Waals surface area contributed by atoms with Gasteiger partial charge in [0.05, 0.1) is 24.0 Å². The van der Waals surface area contributed by atoms with Gasteiger partial charge in [-0.05, 0) is 30.7 Å². The minimum atomic E-state index is -3.08. The Bertz CT molecular complexity index is 1050. The van der Waals surface area contributed by atoms with Gasteiger partial charge in [0.15, 0.2) is 15.0 Å². The smallest absolute Gasteiger partial charge is 0.252 e. The first-order valence-electron chi connectivity index (χ1n) is 8.90. The van der Waals surface area contributed by atoms with Crippen molar-refractivity contribution in [2.75, 3.05) is 16.4 Å². The second kappa shape index (κ2) is 7.54. The van der Waals surface area contributed by atoms with Crippen molar-refractivity contribution in [3.05, 3.63) is 64.7 Å². The Morgan fingerprint density at radius 1 is 1.18 bits per heavy atom. The minimum absolute atomic E-state index is 0.0796. The van der Waals surface area contributed by atoms with Crippen LogP contribution in [-0.2, 0) is 21.1 Å². The number of halogens is 1. The zero-order valence-electron chi connectivity index (χ0n) is 15.2. The average molecular weight is 435 g/mol. The monoisotopic (exact) mass is 434 g/mol. The maximum absolute atomic E-state index is 12.6. The Morgan fingerprint density at radius 2 is 1.89 bits per heavy atom. The Hall–Kier alpha value is -1.83. The number of thioether (sulfide) groups is 1. The van der Waals surface area contributed by atoms with Crippen molar-refractivity contribution < 1.29 is 13.2 Å². The van der Waals surface area contributed by atoms with Gasteiger partial charge < -0.3 is 4.90 Å². The maximum atomic E-state index is 12.6. The van der Waals surface area contributed by atoms with Gasteiger partial charge in [-0.15, -0.1) is 0 Å². The molecule has 2 aliphatic heterocycles. The molecule has 0 aromatic heterocycles. The molecule has 0 unspecified atom stereocenters. The van der Waals surface area contributed by atoms with Gasteiger partial charge >= 0.3 is 0 Å². The summed E-state index contributed by atoms with van der Waals surface area (Å²) in [6.07, 6.45) is 0.110. The maximum Gasteiger partial charge on any atom is 0.252 e. The largest absolute Gasteiger partial charge is 0.316 e. The quantitative estimate of drug-likeness (QED) is 0.739. The Labute approximate surface area is 173 Å². The summed E-state index contributed by atoms with van der Waals surface area (Å²) in [6, 6.07) is 14.8. The van der Waals surface area contributed by atoms with E-state index in [1.54, 1.807) is 12.1 Å². The molecule has 2 saturated heterocycles. The van der Waals surface area contributed by atoms with E-state index in [-0.39, 0.29) is 35.1 Å². The van der Waals surface area contributed by atoms with Crippen LogP contribution in [0.25, 0.3) is 0 Å². The van der Waals surface area contributed by atoms with Gasteiger partial charge in [0.2, 0.25) is 0 Å². The summed E-state index contributed by atoms with van der Waals surface area (Å²) in [5, 5.41) is 0.984. The van der Waals surface area contributed by atoms with Gasteiger partial charge in [-0.3, -0.25) is 4.79 Å². The second-order valence-corrected chi connectivity index (χ2v) is 10.8. The lowest BCUT2D eigenvalue weighted by atomic mass is 10.1.